The van der Waals surface area contributed by atoms with E-state index in [1.807, 2.05) is 0 Å². The summed E-state index contributed by atoms with van der Waals surface area (Å²) in [5, 5.41) is 35.1. The highest BCUT2D eigenvalue weighted by molar-refractivity contribution is 7.98. The van der Waals surface area contributed by atoms with Gasteiger partial charge in [-0.2, -0.15) is 11.8 Å². The van der Waals surface area contributed by atoms with Crippen LogP contribution < -0.4 is 21.7 Å². The second-order valence-electron chi connectivity index (χ2n) is 6.92. The molecule has 0 aromatic heterocycles. The van der Waals surface area contributed by atoms with Crippen molar-refractivity contribution < 1.29 is 34.5 Å². The number of carboxylic acids is 1. The van der Waals surface area contributed by atoms with Crippen LogP contribution in [0.2, 0.25) is 0 Å². The molecule has 0 rings (SSSR count). The standard InChI is InChI=1S/C17H32N4O7S/c1-8(2)13(21-15(25)12(18)9(3)23)16(26)20-11(7-22)14(24)19-10(17(27)28)5-6-29-4/h8-13,22-23H,5-7,18H2,1-4H3,(H,19,24)(H,20,26)(H,21,25)(H,27,28). The summed E-state index contributed by atoms with van der Waals surface area (Å²) in [6.45, 7) is 3.86. The van der Waals surface area contributed by atoms with Gasteiger partial charge in [0.25, 0.3) is 0 Å². The van der Waals surface area contributed by atoms with E-state index in [4.69, 9.17) is 5.73 Å². The summed E-state index contributed by atoms with van der Waals surface area (Å²) in [6.07, 6.45) is 0.841. The number of carbonyl (C=O) groups excluding carboxylic acids is 3. The predicted octanol–water partition coefficient (Wildman–Crippen LogP) is -2.37. The molecule has 12 heteroatoms. The van der Waals surface area contributed by atoms with Gasteiger partial charge in [-0.25, -0.2) is 4.79 Å². The fourth-order valence-corrected chi connectivity index (χ4v) is 2.70. The number of carboxylic acid groups (broad SMARTS) is 1. The van der Waals surface area contributed by atoms with Gasteiger partial charge in [-0.05, 0) is 31.3 Å². The summed E-state index contributed by atoms with van der Waals surface area (Å²) >= 11 is 1.41. The molecule has 0 spiro atoms. The molecule has 168 valence electrons. The number of aliphatic hydroxyl groups is 2. The lowest BCUT2D eigenvalue weighted by Crippen LogP contribution is -2.60. The summed E-state index contributed by atoms with van der Waals surface area (Å²) < 4.78 is 0. The van der Waals surface area contributed by atoms with Crippen molar-refractivity contribution in [3.63, 3.8) is 0 Å². The molecule has 0 saturated carbocycles. The van der Waals surface area contributed by atoms with Gasteiger partial charge in [0.05, 0.1) is 12.7 Å². The van der Waals surface area contributed by atoms with Crippen molar-refractivity contribution in [3.05, 3.63) is 0 Å². The van der Waals surface area contributed by atoms with Gasteiger partial charge in [0, 0.05) is 0 Å². The van der Waals surface area contributed by atoms with Gasteiger partial charge >= 0.3 is 5.97 Å². The molecule has 0 fully saturated rings. The molecule has 0 bridgehead atoms. The predicted molar refractivity (Wildman–Crippen MR) is 108 cm³/mol. The van der Waals surface area contributed by atoms with E-state index in [2.05, 4.69) is 16.0 Å². The Labute approximate surface area is 174 Å². The number of nitrogens with one attached hydrogen (secondary N) is 3. The van der Waals surface area contributed by atoms with Crippen molar-refractivity contribution in [1.29, 1.82) is 0 Å². The lowest BCUT2D eigenvalue weighted by Gasteiger charge is -2.26. The molecule has 11 nitrogen and oxygen atoms in total. The highest BCUT2D eigenvalue weighted by Gasteiger charge is 2.32. The number of aliphatic carboxylic acids is 1. The normalized spacial score (nSPS) is 16.3. The van der Waals surface area contributed by atoms with Crippen LogP contribution in [0.4, 0.5) is 0 Å². The summed E-state index contributed by atoms with van der Waals surface area (Å²) in [4.78, 5) is 48.1. The van der Waals surface area contributed by atoms with E-state index in [1.54, 1.807) is 20.1 Å². The smallest absolute Gasteiger partial charge is 0.326 e. The van der Waals surface area contributed by atoms with Crippen molar-refractivity contribution in [2.24, 2.45) is 11.7 Å². The van der Waals surface area contributed by atoms with E-state index in [0.717, 1.165) is 0 Å². The average molecular weight is 437 g/mol. The average Bonchev–Trinajstić information content (AvgIpc) is 2.65. The van der Waals surface area contributed by atoms with Crippen LogP contribution in [0.5, 0.6) is 0 Å². The number of aliphatic hydroxyl groups excluding tert-OH is 2. The highest BCUT2D eigenvalue weighted by Crippen LogP contribution is 2.05. The second-order valence-corrected chi connectivity index (χ2v) is 7.91. The van der Waals surface area contributed by atoms with Crippen molar-refractivity contribution in [1.82, 2.24) is 16.0 Å². The van der Waals surface area contributed by atoms with Gasteiger partial charge in [-0.1, -0.05) is 13.8 Å². The Morgan fingerprint density at radius 3 is 1.93 bits per heavy atom. The number of amides is 3. The molecule has 0 aromatic carbocycles. The number of rotatable bonds is 13. The van der Waals surface area contributed by atoms with Crippen LogP contribution in [0.15, 0.2) is 0 Å². The molecule has 0 heterocycles. The zero-order valence-corrected chi connectivity index (χ0v) is 17.9. The monoisotopic (exact) mass is 436 g/mol. The third-order valence-electron chi connectivity index (χ3n) is 4.11. The molecule has 8 N–H and O–H groups in total. The lowest BCUT2D eigenvalue weighted by atomic mass is 10.0. The Morgan fingerprint density at radius 2 is 1.52 bits per heavy atom. The molecule has 0 saturated heterocycles. The van der Waals surface area contributed by atoms with E-state index in [-0.39, 0.29) is 6.42 Å². The molecular formula is C17H32N4O7S. The van der Waals surface area contributed by atoms with E-state index >= 15 is 0 Å². The third kappa shape index (κ3) is 9.43. The van der Waals surface area contributed by atoms with Crippen LogP contribution in [0.3, 0.4) is 0 Å². The SMILES string of the molecule is CSCCC(NC(=O)C(CO)NC(=O)C(NC(=O)C(N)C(C)O)C(C)C)C(=O)O. The van der Waals surface area contributed by atoms with Crippen molar-refractivity contribution in [2.75, 3.05) is 18.6 Å². The fourth-order valence-electron chi connectivity index (χ4n) is 2.22. The zero-order valence-electron chi connectivity index (χ0n) is 17.0. The van der Waals surface area contributed by atoms with Gasteiger partial charge in [0.2, 0.25) is 17.7 Å². The van der Waals surface area contributed by atoms with Gasteiger partial charge in [-0.15, -0.1) is 0 Å². The van der Waals surface area contributed by atoms with Gasteiger partial charge in [0.1, 0.15) is 24.2 Å². The summed E-state index contributed by atoms with van der Waals surface area (Å²) in [7, 11) is 0. The molecule has 0 aliphatic rings. The second kappa shape index (κ2) is 13.4. The van der Waals surface area contributed by atoms with Gasteiger partial charge in [-0.3, -0.25) is 14.4 Å². The maximum Gasteiger partial charge on any atom is 0.326 e. The first-order valence-electron chi connectivity index (χ1n) is 9.13. The molecular weight excluding hydrogens is 404 g/mol. The number of carbonyl (C=O) groups is 4. The molecule has 3 amide bonds. The van der Waals surface area contributed by atoms with Crippen LogP contribution >= 0.6 is 11.8 Å². The third-order valence-corrected chi connectivity index (χ3v) is 4.75. The molecule has 0 radical (unpaired) electrons. The first-order valence-corrected chi connectivity index (χ1v) is 10.5. The molecule has 29 heavy (non-hydrogen) atoms. The zero-order chi connectivity index (χ0) is 22.7. The van der Waals surface area contributed by atoms with Crippen LogP contribution in [0, 0.1) is 5.92 Å². The molecule has 0 aliphatic carbocycles. The minimum absolute atomic E-state index is 0.177. The van der Waals surface area contributed by atoms with Crippen molar-refractivity contribution in [3.8, 4) is 0 Å². The van der Waals surface area contributed by atoms with E-state index < -0.39 is 66.5 Å². The topological polar surface area (TPSA) is 191 Å². The van der Waals surface area contributed by atoms with E-state index in [9.17, 15) is 34.5 Å². The Hall–Kier alpha value is -1.89. The number of hydrogen-bond donors (Lipinski definition) is 7. The molecule has 5 unspecified atom stereocenters. The summed E-state index contributed by atoms with van der Waals surface area (Å²) in [5.41, 5.74) is 5.55. The van der Waals surface area contributed by atoms with Crippen LogP contribution in [-0.4, -0.2) is 87.9 Å². The highest BCUT2D eigenvalue weighted by atomic mass is 32.2. The van der Waals surface area contributed by atoms with Crippen LogP contribution in [0.25, 0.3) is 0 Å². The summed E-state index contributed by atoms with van der Waals surface area (Å²) in [6, 6.07) is -4.89. The van der Waals surface area contributed by atoms with Crippen molar-refractivity contribution in [2.45, 2.75) is 57.5 Å². The molecule has 0 aromatic rings. The Morgan fingerprint density at radius 1 is 0.966 bits per heavy atom. The summed E-state index contributed by atoms with van der Waals surface area (Å²) in [5.74, 6) is -3.48. The number of hydrogen-bond acceptors (Lipinski definition) is 8. The largest absolute Gasteiger partial charge is 0.480 e. The minimum atomic E-state index is -1.40. The number of thioether (sulfide) groups is 1. The lowest BCUT2D eigenvalue weighted by molar-refractivity contribution is -0.142. The van der Waals surface area contributed by atoms with Crippen LogP contribution in [-0.2, 0) is 19.2 Å². The van der Waals surface area contributed by atoms with Crippen molar-refractivity contribution >= 4 is 35.5 Å². The quantitative estimate of drug-likeness (QED) is 0.165. The van der Waals surface area contributed by atoms with E-state index in [1.165, 1.54) is 18.7 Å². The van der Waals surface area contributed by atoms with Gasteiger partial charge < -0.3 is 37.0 Å². The first-order chi connectivity index (χ1) is 13.5. The maximum atomic E-state index is 12.5. The van der Waals surface area contributed by atoms with Gasteiger partial charge in [0.15, 0.2) is 0 Å². The Bertz CT molecular complexity index is 574. The Kier molecular flexibility index (Phi) is 12.5. The maximum absolute atomic E-state index is 12.5. The Balaban J connectivity index is 5.12. The van der Waals surface area contributed by atoms with Crippen LogP contribution in [0.1, 0.15) is 27.2 Å². The van der Waals surface area contributed by atoms with E-state index in [0.29, 0.717) is 5.75 Å². The number of nitrogens with two attached hydrogens (primary N) is 1. The molecule has 5 atom stereocenters. The minimum Gasteiger partial charge on any atom is -0.480 e. The molecule has 0 aliphatic heterocycles. The fraction of sp³-hybridized carbons (Fsp3) is 0.765. The first kappa shape index (κ1) is 27.1.